The number of aromatic nitrogens is 1. The minimum Gasteiger partial charge on any atom is -0.493 e. The molecule has 3 aromatic carbocycles. The molecule has 2 heterocycles. The number of halogens is 1. The molecule has 0 bridgehead atoms. The van der Waals surface area contributed by atoms with Crippen molar-refractivity contribution in [1.29, 1.82) is 0 Å². The molecular weight excluding hydrogens is 548 g/mol. The van der Waals surface area contributed by atoms with E-state index in [0.29, 0.717) is 43.7 Å². The predicted octanol–water partition coefficient (Wildman–Crippen LogP) is 5.04. The average molecular weight is 575 g/mol. The number of nitrogens with zero attached hydrogens (tertiary/aromatic N) is 2. The van der Waals surface area contributed by atoms with E-state index in [9.17, 15) is 9.59 Å². The van der Waals surface area contributed by atoms with Crippen LogP contribution in [0.5, 0.6) is 11.5 Å². The van der Waals surface area contributed by atoms with E-state index in [0.717, 1.165) is 16.7 Å². The molecule has 1 aromatic heterocycles. The molecule has 0 radical (unpaired) electrons. The van der Waals surface area contributed by atoms with Gasteiger partial charge < -0.3 is 14.2 Å². The zero-order chi connectivity index (χ0) is 28.2. The summed E-state index contributed by atoms with van der Waals surface area (Å²) in [6, 6.07) is 21.7. The number of fused-ring (bicyclic) bond motifs is 1. The molecule has 40 heavy (non-hydrogen) atoms. The van der Waals surface area contributed by atoms with Crippen LogP contribution in [0.3, 0.4) is 0 Å². The first kappa shape index (κ1) is 27.4. The van der Waals surface area contributed by atoms with Crippen LogP contribution < -0.4 is 24.4 Å². The fraction of sp³-hybridized carbons (Fsp3) is 0.194. The van der Waals surface area contributed by atoms with E-state index in [-0.39, 0.29) is 12.2 Å². The molecule has 1 aliphatic rings. The third-order valence-electron chi connectivity index (χ3n) is 6.43. The van der Waals surface area contributed by atoms with Crippen molar-refractivity contribution in [2.45, 2.75) is 26.5 Å². The first-order valence-electron chi connectivity index (χ1n) is 12.7. The number of carbonyl (C=O) groups excluding carboxylic acids is 1. The van der Waals surface area contributed by atoms with Gasteiger partial charge in [-0.15, -0.1) is 0 Å². The Hall–Kier alpha value is -4.14. The number of hydrogen-bond acceptors (Lipinski definition) is 7. The van der Waals surface area contributed by atoms with Gasteiger partial charge in [0, 0.05) is 5.02 Å². The minimum absolute atomic E-state index is 0.225. The van der Waals surface area contributed by atoms with Gasteiger partial charge >= 0.3 is 5.97 Å². The second kappa shape index (κ2) is 11.9. The molecule has 1 atom stereocenters. The molecule has 0 spiro atoms. The van der Waals surface area contributed by atoms with E-state index < -0.39 is 12.0 Å². The van der Waals surface area contributed by atoms with E-state index in [1.54, 1.807) is 31.6 Å². The van der Waals surface area contributed by atoms with E-state index in [1.165, 1.54) is 11.3 Å². The van der Waals surface area contributed by atoms with Crippen LogP contribution in [0.15, 0.2) is 93.9 Å². The largest absolute Gasteiger partial charge is 0.493 e. The van der Waals surface area contributed by atoms with Crippen molar-refractivity contribution in [2.24, 2.45) is 4.99 Å². The van der Waals surface area contributed by atoms with E-state index in [2.05, 4.69) is 4.99 Å². The Morgan fingerprint density at radius 3 is 2.52 bits per heavy atom. The molecule has 0 unspecified atom stereocenters. The van der Waals surface area contributed by atoms with Crippen LogP contribution >= 0.6 is 22.9 Å². The lowest BCUT2D eigenvalue weighted by atomic mass is 9.96. The summed E-state index contributed by atoms with van der Waals surface area (Å²) in [7, 11) is 1.57. The maximum atomic E-state index is 13.8. The van der Waals surface area contributed by atoms with Gasteiger partial charge in [0.05, 0.1) is 35.6 Å². The fourth-order valence-electron chi connectivity index (χ4n) is 4.53. The Balaban J connectivity index is 1.52. The van der Waals surface area contributed by atoms with Crippen LogP contribution in [-0.4, -0.2) is 24.3 Å². The zero-order valence-electron chi connectivity index (χ0n) is 22.2. The number of ether oxygens (including phenoxy) is 3. The molecule has 9 heteroatoms. The van der Waals surface area contributed by atoms with Crippen molar-refractivity contribution in [3.05, 3.63) is 125 Å². The van der Waals surface area contributed by atoms with Gasteiger partial charge in [-0.3, -0.25) is 9.36 Å². The summed E-state index contributed by atoms with van der Waals surface area (Å²) >= 11 is 7.24. The van der Waals surface area contributed by atoms with Crippen LogP contribution in [0.1, 0.15) is 36.6 Å². The van der Waals surface area contributed by atoms with Crippen molar-refractivity contribution < 1.29 is 19.0 Å². The molecule has 0 N–H and O–H groups in total. The van der Waals surface area contributed by atoms with Crippen molar-refractivity contribution >= 4 is 35.0 Å². The molecule has 204 valence electrons. The number of esters is 1. The second-order valence-electron chi connectivity index (χ2n) is 9.04. The number of thiazole rings is 1. The molecular formula is C31H27ClN2O5S. The normalized spacial score (nSPS) is 14.9. The van der Waals surface area contributed by atoms with E-state index in [1.807, 2.05) is 72.8 Å². The smallest absolute Gasteiger partial charge is 0.338 e. The molecule has 0 fully saturated rings. The number of allylic oxidation sites excluding steroid dienone is 1. The van der Waals surface area contributed by atoms with Gasteiger partial charge in [0.2, 0.25) is 0 Å². The van der Waals surface area contributed by atoms with Crippen LogP contribution in [0.4, 0.5) is 0 Å². The monoisotopic (exact) mass is 574 g/mol. The van der Waals surface area contributed by atoms with Gasteiger partial charge in [-0.25, -0.2) is 9.79 Å². The van der Waals surface area contributed by atoms with Crippen molar-refractivity contribution in [1.82, 2.24) is 4.57 Å². The minimum atomic E-state index is -0.642. The molecule has 7 nitrogen and oxygen atoms in total. The van der Waals surface area contributed by atoms with Crippen LogP contribution in [0, 0.1) is 0 Å². The maximum Gasteiger partial charge on any atom is 0.338 e. The van der Waals surface area contributed by atoms with Gasteiger partial charge in [0.25, 0.3) is 5.56 Å². The lowest BCUT2D eigenvalue weighted by molar-refractivity contribution is -0.139. The Bertz CT molecular complexity index is 1760. The lowest BCUT2D eigenvalue weighted by Crippen LogP contribution is -2.39. The SMILES string of the molecule is CCOC(=O)C1=C(C)N=c2s/c(=C/c3ccc(OCc4ccc(Cl)cc4)c(OC)c3)c(=O)n2[C@H]1c1ccccc1. The Morgan fingerprint density at radius 2 is 1.82 bits per heavy atom. The molecule has 0 amide bonds. The van der Waals surface area contributed by atoms with Crippen molar-refractivity contribution in [3.63, 3.8) is 0 Å². The van der Waals surface area contributed by atoms with Crippen molar-refractivity contribution in [2.75, 3.05) is 13.7 Å². The first-order valence-corrected chi connectivity index (χ1v) is 13.9. The summed E-state index contributed by atoms with van der Waals surface area (Å²) in [5.41, 5.74) is 3.19. The highest BCUT2D eigenvalue weighted by Crippen LogP contribution is 2.31. The maximum absolute atomic E-state index is 13.8. The summed E-state index contributed by atoms with van der Waals surface area (Å²) in [6.07, 6.45) is 1.79. The molecule has 0 saturated carbocycles. The standard InChI is InChI=1S/C31H27ClN2O5S/c1-4-38-30(36)27-19(2)33-31-34(28(27)22-8-6-5-7-9-22)29(35)26(40-31)17-21-12-15-24(25(16-21)37-3)39-18-20-10-13-23(32)14-11-20/h5-17,28H,4,18H2,1-3H3/b26-17+/t28-/m0/s1. The van der Waals surface area contributed by atoms with Gasteiger partial charge in [0.1, 0.15) is 6.61 Å². The summed E-state index contributed by atoms with van der Waals surface area (Å²) in [5, 5.41) is 0.665. The predicted molar refractivity (Wildman–Crippen MR) is 156 cm³/mol. The van der Waals surface area contributed by atoms with Gasteiger partial charge in [-0.2, -0.15) is 0 Å². The zero-order valence-corrected chi connectivity index (χ0v) is 23.8. The van der Waals surface area contributed by atoms with Crippen LogP contribution in [-0.2, 0) is 16.1 Å². The summed E-state index contributed by atoms with van der Waals surface area (Å²) in [4.78, 5) is 31.9. The molecule has 0 aliphatic carbocycles. The molecule has 5 rings (SSSR count). The van der Waals surface area contributed by atoms with Crippen LogP contribution in [0.25, 0.3) is 6.08 Å². The quantitative estimate of drug-likeness (QED) is 0.276. The van der Waals surface area contributed by atoms with Gasteiger partial charge in [-0.05, 0) is 60.9 Å². The Morgan fingerprint density at radius 1 is 1.07 bits per heavy atom. The lowest BCUT2D eigenvalue weighted by Gasteiger charge is -2.24. The summed E-state index contributed by atoms with van der Waals surface area (Å²) < 4.78 is 18.9. The van der Waals surface area contributed by atoms with Gasteiger partial charge in [0.15, 0.2) is 16.3 Å². The average Bonchev–Trinajstić information content (AvgIpc) is 3.26. The topological polar surface area (TPSA) is 79.1 Å². The van der Waals surface area contributed by atoms with Crippen LogP contribution in [0.2, 0.25) is 5.02 Å². The highest BCUT2D eigenvalue weighted by atomic mass is 35.5. The van der Waals surface area contributed by atoms with E-state index in [4.69, 9.17) is 25.8 Å². The fourth-order valence-corrected chi connectivity index (χ4v) is 5.70. The number of hydrogen-bond donors (Lipinski definition) is 0. The number of rotatable bonds is 8. The second-order valence-corrected chi connectivity index (χ2v) is 10.5. The van der Waals surface area contributed by atoms with E-state index >= 15 is 0 Å². The van der Waals surface area contributed by atoms with Crippen molar-refractivity contribution in [3.8, 4) is 11.5 Å². The summed E-state index contributed by atoms with van der Waals surface area (Å²) in [6.45, 7) is 4.10. The number of methoxy groups -OCH3 is 1. The number of carbonyl (C=O) groups is 1. The summed E-state index contributed by atoms with van der Waals surface area (Å²) in [5.74, 6) is 0.638. The third kappa shape index (κ3) is 5.59. The Kier molecular flexibility index (Phi) is 8.19. The third-order valence-corrected chi connectivity index (χ3v) is 7.66. The molecule has 0 saturated heterocycles. The first-order chi connectivity index (χ1) is 19.4. The molecule has 1 aliphatic heterocycles. The number of benzene rings is 3. The van der Waals surface area contributed by atoms with Gasteiger partial charge in [-0.1, -0.05) is 71.5 Å². The highest BCUT2D eigenvalue weighted by molar-refractivity contribution is 7.07. The highest BCUT2D eigenvalue weighted by Gasteiger charge is 2.33. The molecule has 4 aromatic rings. The Labute approximate surface area is 240 Å².